The summed E-state index contributed by atoms with van der Waals surface area (Å²) in [5.74, 6) is -0.267. The number of halogens is 2. The molecule has 0 aliphatic rings. The van der Waals surface area contributed by atoms with Crippen LogP contribution in [-0.4, -0.2) is 0 Å². The molecule has 0 heterocycles. The van der Waals surface area contributed by atoms with Gasteiger partial charge in [-0.1, -0.05) is 24.2 Å². The van der Waals surface area contributed by atoms with E-state index >= 15 is 0 Å². The Morgan fingerprint density at radius 1 is 1.26 bits per heavy atom. The second-order valence-electron chi connectivity index (χ2n) is 4.31. The monoisotopic (exact) mass is 276 g/mol. The van der Waals surface area contributed by atoms with E-state index in [1.165, 1.54) is 6.07 Å². The van der Waals surface area contributed by atoms with Crippen molar-refractivity contribution in [1.29, 1.82) is 0 Å². The zero-order valence-corrected chi connectivity index (χ0v) is 11.3. The van der Waals surface area contributed by atoms with Crippen molar-refractivity contribution < 1.29 is 4.39 Å². The molecular formula is C15H14ClFN2. The van der Waals surface area contributed by atoms with E-state index in [9.17, 15) is 4.39 Å². The highest BCUT2D eigenvalue weighted by molar-refractivity contribution is 6.32. The maximum Gasteiger partial charge on any atom is 0.128 e. The molecule has 3 N–H and O–H groups in total. The van der Waals surface area contributed by atoms with Gasteiger partial charge in [0.25, 0.3) is 0 Å². The number of nitrogens with one attached hydrogen (secondary N) is 1. The molecule has 0 spiro atoms. The van der Waals surface area contributed by atoms with Gasteiger partial charge in [0.15, 0.2) is 0 Å². The Morgan fingerprint density at radius 3 is 2.68 bits per heavy atom. The quantitative estimate of drug-likeness (QED) is 0.813. The zero-order valence-electron chi connectivity index (χ0n) is 10.5. The second kappa shape index (κ2) is 5.33. The lowest BCUT2D eigenvalue weighted by atomic mass is 10.1. The summed E-state index contributed by atoms with van der Waals surface area (Å²) in [6.45, 7) is 5.61. The van der Waals surface area contributed by atoms with E-state index in [0.717, 1.165) is 0 Å². The number of rotatable bonds is 3. The fourth-order valence-electron chi connectivity index (χ4n) is 1.69. The van der Waals surface area contributed by atoms with Gasteiger partial charge in [-0.05, 0) is 42.8 Å². The molecule has 0 aliphatic heterocycles. The van der Waals surface area contributed by atoms with E-state index in [1.807, 2.05) is 0 Å². The molecule has 0 saturated carbocycles. The van der Waals surface area contributed by atoms with Gasteiger partial charge in [0.1, 0.15) is 5.82 Å². The summed E-state index contributed by atoms with van der Waals surface area (Å²) in [7, 11) is 0. The maximum absolute atomic E-state index is 13.5. The molecule has 0 aliphatic carbocycles. The fourth-order valence-corrected chi connectivity index (χ4v) is 1.92. The summed E-state index contributed by atoms with van der Waals surface area (Å²) in [5.41, 5.74) is 8.79. The van der Waals surface area contributed by atoms with Gasteiger partial charge in [0.05, 0.1) is 5.02 Å². The van der Waals surface area contributed by atoms with Crippen LogP contribution in [-0.2, 0) is 0 Å². The van der Waals surface area contributed by atoms with Crippen LogP contribution in [0.4, 0.5) is 15.8 Å². The average molecular weight is 277 g/mol. The van der Waals surface area contributed by atoms with Gasteiger partial charge in [0.2, 0.25) is 0 Å². The first kappa shape index (κ1) is 13.4. The molecule has 0 radical (unpaired) electrons. The lowest BCUT2D eigenvalue weighted by molar-refractivity contribution is 0.619. The van der Waals surface area contributed by atoms with E-state index in [4.69, 9.17) is 17.3 Å². The Morgan fingerprint density at radius 2 is 2.00 bits per heavy atom. The highest BCUT2D eigenvalue weighted by atomic mass is 35.5. The molecule has 19 heavy (non-hydrogen) atoms. The molecule has 2 aromatic rings. The largest absolute Gasteiger partial charge is 0.399 e. The highest BCUT2D eigenvalue weighted by Gasteiger charge is 2.06. The number of aryl methyl sites for hydroxylation is 1. The molecule has 2 aromatic carbocycles. The van der Waals surface area contributed by atoms with Gasteiger partial charge in [-0.3, -0.25) is 0 Å². The smallest absolute Gasteiger partial charge is 0.128 e. The van der Waals surface area contributed by atoms with Crippen LogP contribution in [0.3, 0.4) is 0 Å². The predicted octanol–water partition coefficient (Wildman–Crippen LogP) is 4.45. The van der Waals surface area contributed by atoms with Crippen molar-refractivity contribution in [2.24, 2.45) is 0 Å². The van der Waals surface area contributed by atoms with Crippen LogP contribution in [0.1, 0.15) is 11.1 Å². The molecule has 0 unspecified atom stereocenters. The van der Waals surface area contributed by atoms with Crippen molar-refractivity contribution in [3.63, 3.8) is 0 Å². The lowest BCUT2D eigenvalue weighted by Gasteiger charge is -2.12. The van der Waals surface area contributed by atoms with Crippen LogP contribution in [0.25, 0.3) is 5.70 Å². The molecule has 2 nitrogen and oxygen atoms in total. The second-order valence-corrected chi connectivity index (χ2v) is 4.71. The van der Waals surface area contributed by atoms with Crippen molar-refractivity contribution in [3.8, 4) is 0 Å². The average Bonchev–Trinajstić information content (AvgIpc) is 2.36. The van der Waals surface area contributed by atoms with Crippen molar-refractivity contribution in [2.75, 3.05) is 11.1 Å². The molecule has 0 saturated heterocycles. The van der Waals surface area contributed by atoms with Gasteiger partial charge < -0.3 is 11.1 Å². The number of hydrogen-bond donors (Lipinski definition) is 2. The third-order valence-electron chi connectivity index (χ3n) is 2.78. The molecule has 0 fully saturated rings. The number of hydrogen-bond acceptors (Lipinski definition) is 2. The predicted molar refractivity (Wildman–Crippen MR) is 79.7 cm³/mol. The van der Waals surface area contributed by atoms with Crippen LogP contribution in [0.15, 0.2) is 43.0 Å². The van der Waals surface area contributed by atoms with Crippen LogP contribution < -0.4 is 11.1 Å². The molecule has 4 heteroatoms. The van der Waals surface area contributed by atoms with Crippen LogP contribution in [0, 0.1) is 12.7 Å². The Balaban J connectivity index is 2.25. The van der Waals surface area contributed by atoms with Crippen molar-refractivity contribution in [1.82, 2.24) is 0 Å². The van der Waals surface area contributed by atoms with E-state index in [0.29, 0.717) is 33.2 Å². The summed E-state index contributed by atoms with van der Waals surface area (Å²) in [6.07, 6.45) is 0. The molecule has 2 rings (SSSR count). The van der Waals surface area contributed by atoms with Crippen molar-refractivity contribution >= 4 is 28.7 Å². The maximum atomic E-state index is 13.5. The number of nitrogens with two attached hydrogens (primary N) is 1. The lowest BCUT2D eigenvalue weighted by Crippen LogP contribution is -2.00. The molecule has 0 atom stereocenters. The molecule has 0 bridgehead atoms. The van der Waals surface area contributed by atoms with Crippen molar-refractivity contribution in [2.45, 2.75) is 6.92 Å². The summed E-state index contributed by atoms with van der Waals surface area (Å²) in [6, 6.07) is 10.0. The van der Waals surface area contributed by atoms with E-state index in [2.05, 4.69) is 11.9 Å². The molecule has 0 amide bonds. The molecule has 0 aromatic heterocycles. The number of benzene rings is 2. The number of anilines is 2. The SMILES string of the molecule is C=C(Nc1ccc(C)c(F)c1)c1cc(N)ccc1Cl. The standard InChI is InChI=1S/C15H14ClFN2/c1-9-3-5-12(8-15(9)17)19-10(2)13-7-11(18)4-6-14(13)16/h3-8,19H,2,18H2,1H3. The normalized spacial score (nSPS) is 10.3. The Kier molecular flexibility index (Phi) is 3.76. The van der Waals surface area contributed by atoms with Crippen LogP contribution in [0.5, 0.6) is 0 Å². The molecule has 98 valence electrons. The van der Waals surface area contributed by atoms with Gasteiger partial charge in [-0.25, -0.2) is 4.39 Å². The highest BCUT2D eigenvalue weighted by Crippen LogP contribution is 2.26. The minimum Gasteiger partial charge on any atom is -0.399 e. The summed E-state index contributed by atoms with van der Waals surface area (Å²) in [5, 5.41) is 3.56. The summed E-state index contributed by atoms with van der Waals surface area (Å²) >= 11 is 6.08. The van der Waals surface area contributed by atoms with E-state index in [-0.39, 0.29) is 5.82 Å². The first-order valence-corrected chi connectivity index (χ1v) is 6.12. The fraction of sp³-hybridized carbons (Fsp3) is 0.0667. The van der Waals surface area contributed by atoms with E-state index < -0.39 is 0 Å². The third-order valence-corrected chi connectivity index (χ3v) is 3.11. The van der Waals surface area contributed by atoms with Gasteiger partial charge >= 0.3 is 0 Å². The molecular weight excluding hydrogens is 263 g/mol. The Labute approximate surface area is 116 Å². The van der Waals surface area contributed by atoms with Crippen molar-refractivity contribution in [3.05, 3.63) is 64.9 Å². The Hall–Kier alpha value is -2.00. The van der Waals surface area contributed by atoms with Gasteiger partial charge in [0, 0.05) is 22.6 Å². The third kappa shape index (κ3) is 3.06. The first-order valence-electron chi connectivity index (χ1n) is 5.75. The summed E-state index contributed by atoms with van der Waals surface area (Å²) < 4.78 is 13.5. The minimum absolute atomic E-state index is 0.267. The topological polar surface area (TPSA) is 38.0 Å². The summed E-state index contributed by atoms with van der Waals surface area (Å²) in [4.78, 5) is 0. The Bertz CT molecular complexity index is 638. The minimum atomic E-state index is -0.267. The van der Waals surface area contributed by atoms with Crippen LogP contribution in [0.2, 0.25) is 5.02 Å². The number of nitrogen functional groups attached to an aromatic ring is 1. The van der Waals surface area contributed by atoms with Gasteiger partial charge in [-0.15, -0.1) is 0 Å². The first-order chi connectivity index (χ1) is 8.97. The van der Waals surface area contributed by atoms with Gasteiger partial charge in [-0.2, -0.15) is 0 Å². The van der Waals surface area contributed by atoms with E-state index in [1.54, 1.807) is 37.3 Å². The van der Waals surface area contributed by atoms with Crippen LogP contribution >= 0.6 is 11.6 Å². The zero-order chi connectivity index (χ0) is 14.0.